The number of rotatable bonds is 4. The van der Waals surface area contributed by atoms with Crippen molar-refractivity contribution in [3.63, 3.8) is 0 Å². The highest BCUT2D eigenvalue weighted by Gasteiger charge is 2.24. The molecule has 3 N–H and O–H groups in total. The maximum atomic E-state index is 12.3. The average Bonchev–Trinajstić information content (AvgIpc) is 2.88. The third-order valence-electron chi connectivity index (χ3n) is 3.28. The Labute approximate surface area is 121 Å². The number of nitrogens with zero attached hydrogens (tertiary/aromatic N) is 2. The van der Waals surface area contributed by atoms with Gasteiger partial charge in [0.1, 0.15) is 0 Å². The normalized spacial score (nSPS) is 18.0. The van der Waals surface area contributed by atoms with Crippen molar-refractivity contribution >= 4 is 23.2 Å². The summed E-state index contributed by atoms with van der Waals surface area (Å²) in [7, 11) is 0. The number of β-amino-alcohol motifs (C(OH)–C–C–N with tert-alkyl or cyclic N) is 1. The molecule has 1 aromatic heterocycles. The van der Waals surface area contributed by atoms with Crippen molar-refractivity contribution in [1.82, 2.24) is 9.80 Å². The summed E-state index contributed by atoms with van der Waals surface area (Å²) in [5.41, 5.74) is 5.56. The van der Waals surface area contributed by atoms with E-state index in [1.807, 2.05) is 0 Å². The van der Waals surface area contributed by atoms with E-state index < -0.39 is 5.91 Å². The Morgan fingerprint density at radius 3 is 2.55 bits per heavy atom. The zero-order chi connectivity index (χ0) is 14.7. The maximum absolute atomic E-state index is 12.3. The van der Waals surface area contributed by atoms with Gasteiger partial charge in [-0.25, -0.2) is 0 Å². The van der Waals surface area contributed by atoms with E-state index >= 15 is 0 Å². The monoisotopic (exact) mass is 297 g/mol. The molecule has 2 amide bonds. The van der Waals surface area contributed by atoms with Gasteiger partial charge in [-0.3, -0.25) is 14.5 Å². The van der Waals surface area contributed by atoms with Gasteiger partial charge < -0.3 is 15.7 Å². The van der Waals surface area contributed by atoms with Crippen molar-refractivity contribution in [2.45, 2.75) is 13.0 Å². The topological polar surface area (TPSA) is 86.9 Å². The fraction of sp³-hybridized carbons (Fsp3) is 0.538. The van der Waals surface area contributed by atoms with Crippen LogP contribution in [-0.2, 0) is 0 Å². The quantitative estimate of drug-likeness (QED) is 0.818. The lowest BCUT2D eigenvalue weighted by Gasteiger charge is -2.35. The molecule has 1 atom stereocenters. The van der Waals surface area contributed by atoms with E-state index in [9.17, 15) is 14.7 Å². The number of aliphatic hydroxyl groups is 1. The van der Waals surface area contributed by atoms with Crippen molar-refractivity contribution in [2.75, 3.05) is 32.7 Å². The predicted molar refractivity (Wildman–Crippen MR) is 76.9 cm³/mol. The molecule has 1 aliphatic rings. The number of hydrogen-bond acceptors (Lipinski definition) is 5. The van der Waals surface area contributed by atoms with Gasteiger partial charge in [0.15, 0.2) is 0 Å². The molecule has 20 heavy (non-hydrogen) atoms. The summed E-state index contributed by atoms with van der Waals surface area (Å²) in [6.07, 6.45) is -0.354. The second-order valence-corrected chi connectivity index (χ2v) is 5.92. The summed E-state index contributed by atoms with van der Waals surface area (Å²) in [6, 6.07) is 1.55. The van der Waals surface area contributed by atoms with Crippen LogP contribution in [-0.4, -0.2) is 65.5 Å². The van der Waals surface area contributed by atoms with Gasteiger partial charge in [-0.1, -0.05) is 0 Å². The predicted octanol–water partition coefficient (Wildman–Crippen LogP) is -0.0144. The van der Waals surface area contributed by atoms with E-state index in [-0.39, 0.29) is 12.0 Å². The summed E-state index contributed by atoms with van der Waals surface area (Å²) in [6.45, 7) is 5.17. The van der Waals surface area contributed by atoms with Crippen molar-refractivity contribution < 1.29 is 14.7 Å². The number of thiophene rings is 1. The molecule has 0 unspecified atom stereocenters. The van der Waals surface area contributed by atoms with Crippen LogP contribution in [0.4, 0.5) is 0 Å². The minimum atomic E-state index is -0.512. The molecule has 6 nitrogen and oxygen atoms in total. The Balaban J connectivity index is 1.92. The van der Waals surface area contributed by atoms with E-state index in [0.29, 0.717) is 30.1 Å². The summed E-state index contributed by atoms with van der Waals surface area (Å²) >= 11 is 1.25. The second-order valence-electron chi connectivity index (χ2n) is 5.01. The zero-order valence-corrected chi connectivity index (χ0v) is 12.2. The summed E-state index contributed by atoms with van der Waals surface area (Å²) in [4.78, 5) is 27.8. The fourth-order valence-electron chi connectivity index (χ4n) is 2.24. The fourth-order valence-corrected chi connectivity index (χ4v) is 3.10. The standard InChI is InChI=1S/C13H19N3O3S/c1-9(17)7-15-2-4-16(5-3-15)13(19)11-6-10(8-20-11)12(14)18/h6,8-9,17H,2-5,7H2,1H3,(H2,14,18)/t9-/m1/s1. The molecule has 1 saturated heterocycles. The Morgan fingerprint density at radius 2 is 2.05 bits per heavy atom. The molecule has 1 aliphatic heterocycles. The molecule has 0 aliphatic carbocycles. The summed E-state index contributed by atoms with van der Waals surface area (Å²) < 4.78 is 0. The number of carbonyl (C=O) groups is 2. The lowest BCUT2D eigenvalue weighted by molar-refractivity contribution is 0.0558. The highest BCUT2D eigenvalue weighted by atomic mass is 32.1. The van der Waals surface area contributed by atoms with Crippen molar-refractivity contribution in [3.05, 3.63) is 21.9 Å². The third kappa shape index (κ3) is 3.56. The molecule has 2 rings (SSSR count). The highest BCUT2D eigenvalue weighted by molar-refractivity contribution is 7.12. The molecule has 0 saturated carbocycles. The molecule has 1 aromatic rings. The van der Waals surface area contributed by atoms with Crippen LogP contribution in [0.2, 0.25) is 0 Å². The van der Waals surface area contributed by atoms with Crippen molar-refractivity contribution in [2.24, 2.45) is 5.73 Å². The third-order valence-corrected chi connectivity index (χ3v) is 4.19. The van der Waals surface area contributed by atoms with Crippen LogP contribution < -0.4 is 5.73 Å². The van der Waals surface area contributed by atoms with Crippen LogP contribution in [0.1, 0.15) is 27.0 Å². The Hall–Kier alpha value is -1.44. The van der Waals surface area contributed by atoms with Gasteiger partial charge in [0.25, 0.3) is 5.91 Å². The van der Waals surface area contributed by atoms with Crippen molar-refractivity contribution in [3.8, 4) is 0 Å². The van der Waals surface area contributed by atoms with Crippen LogP contribution in [0.3, 0.4) is 0 Å². The number of aliphatic hydroxyl groups excluding tert-OH is 1. The first-order valence-corrected chi connectivity index (χ1v) is 7.43. The van der Waals surface area contributed by atoms with Crippen LogP contribution in [0, 0.1) is 0 Å². The smallest absolute Gasteiger partial charge is 0.264 e. The SMILES string of the molecule is C[C@@H](O)CN1CCN(C(=O)c2cc(C(N)=O)cs2)CC1. The average molecular weight is 297 g/mol. The van der Waals surface area contributed by atoms with Crippen LogP contribution in [0.25, 0.3) is 0 Å². The first-order chi connectivity index (χ1) is 9.47. The lowest BCUT2D eigenvalue weighted by Crippen LogP contribution is -2.50. The second kappa shape index (κ2) is 6.34. The van der Waals surface area contributed by atoms with E-state index in [0.717, 1.165) is 13.1 Å². The first kappa shape index (κ1) is 15.0. The number of piperazine rings is 1. The molecule has 0 spiro atoms. The minimum absolute atomic E-state index is 0.0563. The van der Waals surface area contributed by atoms with Gasteiger partial charge >= 0.3 is 0 Å². The Kier molecular flexibility index (Phi) is 4.74. The number of primary amides is 1. The Morgan fingerprint density at radius 1 is 1.40 bits per heavy atom. The van der Waals surface area contributed by atoms with E-state index in [1.54, 1.807) is 23.3 Å². The number of nitrogens with two attached hydrogens (primary N) is 1. The largest absolute Gasteiger partial charge is 0.392 e. The Bertz CT molecular complexity index is 493. The zero-order valence-electron chi connectivity index (χ0n) is 11.4. The van der Waals surface area contributed by atoms with E-state index in [2.05, 4.69) is 4.90 Å². The summed E-state index contributed by atoms with van der Waals surface area (Å²) in [5.74, 6) is -0.568. The molecule has 2 heterocycles. The van der Waals surface area contributed by atoms with Gasteiger partial charge in [0.05, 0.1) is 16.5 Å². The minimum Gasteiger partial charge on any atom is -0.392 e. The first-order valence-electron chi connectivity index (χ1n) is 6.55. The molecular weight excluding hydrogens is 278 g/mol. The molecule has 1 fully saturated rings. The van der Waals surface area contributed by atoms with Crippen LogP contribution in [0.15, 0.2) is 11.4 Å². The van der Waals surface area contributed by atoms with Gasteiger partial charge in [0, 0.05) is 38.1 Å². The van der Waals surface area contributed by atoms with Crippen molar-refractivity contribution in [1.29, 1.82) is 0 Å². The van der Waals surface area contributed by atoms with Gasteiger partial charge in [0.2, 0.25) is 5.91 Å². The van der Waals surface area contributed by atoms with Crippen LogP contribution >= 0.6 is 11.3 Å². The van der Waals surface area contributed by atoms with Crippen LogP contribution in [0.5, 0.6) is 0 Å². The number of carbonyl (C=O) groups excluding carboxylic acids is 2. The molecular formula is C13H19N3O3S. The van der Waals surface area contributed by atoms with Gasteiger partial charge in [-0.15, -0.1) is 11.3 Å². The molecule has 7 heteroatoms. The number of amides is 2. The van der Waals surface area contributed by atoms with Gasteiger partial charge in [-0.05, 0) is 13.0 Å². The number of hydrogen-bond donors (Lipinski definition) is 2. The van der Waals surface area contributed by atoms with E-state index in [1.165, 1.54) is 11.3 Å². The van der Waals surface area contributed by atoms with E-state index in [4.69, 9.17) is 5.73 Å². The molecule has 0 radical (unpaired) electrons. The molecule has 0 aromatic carbocycles. The highest BCUT2D eigenvalue weighted by Crippen LogP contribution is 2.17. The maximum Gasteiger partial charge on any atom is 0.264 e. The molecule has 0 bridgehead atoms. The van der Waals surface area contributed by atoms with Gasteiger partial charge in [-0.2, -0.15) is 0 Å². The molecule has 110 valence electrons. The summed E-state index contributed by atoms with van der Waals surface area (Å²) in [5, 5.41) is 11.0. The lowest BCUT2D eigenvalue weighted by atomic mass is 10.2.